The molecule has 2 nitrogen and oxygen atoms in total. The molecule has 3 heteroatoms. The zero-order valence-corrected chi connectivity index (χ0v) is 10.7. The Hall–Kier alpha value is 0.270. The second kappa shape index (κ2) is 8.43. The summed E-state index contributed by atoms with van der Waals surface area (Å²) in [7, 11) is 0. The summed E-state index contributed by atoms with van der Waals surface area (Å²) in [5.74, 6) is 2.00. The first kappa shape index (κ1) is 13.3. The van der Waals surface area contributed by atoms with Crippen LogP contribution in [-0.2, 0) is 0 Å². The van der Waals surface area contributed by atoms with Crippen molar-refractivity contribution in [1.29, 1.82) is 0 Å². The Labute approximate surface area is 98.2 Å². The fourth-order valence-electron chi connectivity index (χ4n) is 2.24. The first-order valence-electron chi connectivity index (χ1n) is 6.20. The molecule has 0 spiro atoms. The molecule has 1 aliphatic rings. The van der Waals surface area contributed by atoms with Gasteiger partial charge in [-0.2, -0.15) is 11.8 Å². The van der Waals surface area contributed by atoms with Crippen molar-refractivity contribution in [2.75, 3.05) is 25.2 Å². The highest BCUT2D eigenvalue weighted by Gasteiger charge is 2.14. The molecule has 1 atom stereocenters. The number of thioether (sulfide) groups is 1. The van der Waals surface area contributed by atoms with E-state index in [1.54, 1.807) is 0 Å². The molecule has 0 heterocycles. The Balaban J connectivity index is 2.09. The quantitative estimate of drug-likeness (QED) is 0.705. The normalized spacial score (nSPS) is 20.4. The molecule has 1 rings (SSSR count). The van der Waals surface area contributed by atoms with Gasteiger partial charge in [-0.05, 0) is 43.7 Å². The minimum atomic E-state index is 0.285. The van der Waals surface area contributed by atoms with Crippen LogP contribution in [0.15, 0.2) is 0 Å². The van der Waals surface area contributed by atoms with Crippen molar-refractivity contribution >= 4 is 11.8 Å². The summed E-state index contributed by atoms with van der Waals surface area (Å²) in [6.45, 7) is 1.40. The molecule has 2 N–H and O–H groups in total. The maximum Gasteiger partial charge on any atom is 0.0584 e. The third kappa shape index (κ3) is 5.79. The van der Waals surface area contributed by atoms with Crippen LogP contribution in [0.25, 0.3) is 0 Å². The second-order valence-electron chi connectivity index (χ2n) is 4.57. The smallest absolute Gasteiger partial charge is 0.0584 e. The molecule has 1 unspecified atom stereocenters. The Morgan fingerprint density at radius 2 is 2.07 bits per heavy atom. The highest BCUT2D eigenvalue weighted by Crippen LogP contribution is 2.22. The fraction of sp³-hybridized carbons (Fsp3) is 1.00. The number of aliphatic hydroxyl groups excluding tert-OH is 1. The summed E-state index contributed by atoms with van der Waals surface area (Å²) in [4.78, 5) is 0. The van der Waals surface area contributed by atoms with Gasteiger partial charge in [-0.25, -0.2) is 0 Å². The van der Waals surface area contributed by atoms with Crippen molar-refractivity contribution < 1.29 is 5.11 Å². The Morgan fingerprint density at radius 3 is 2.67 bits per heavy atom. The van der Waals surface area contributed by atoms with E-state index >= 15 is 0 Å². The lowest BCUT2D eigenvalue weighted by molar-refractivity contribution is 0.227. The van der Waals surface area contributed by atoms with E-state index in [0.717, 1.165) is 24.6 Å². The molecule has 0 aromatic carbocycles. The summed E-state index contributed by atoms with van der Waals surface area (Å²) in [6, 6.07) is 0.319. The van der Waals surface area contributed by atoms with Crippen molar-refractivity contribution in [3.8, 4) is 0 Å². The fourth-order valence-corrected chi connectivity index (χ4v) is 2.76. The molecule has 0 aromatic heterocycles. The lowest BCUT2D eigenvalue weighted by atomic mass is 9.89. The molecule has 15 heavy (non-hydrogen) atoms. The molecular formula is C12H25NOS. The van der Waals surface area contributed by atoms with Crippen molar-refractivity contribution in [2.24, 2.45) is 5.92 Å². The van der Waals surface area contributed by atoms with Gasteiger partial charge < -0.3 is 10.4 Å². The average Bonchev–Trinajstić information content (AvgIpc) is 2.31. The molecule has 0 bridgehead atoms. The second-order valence-corrected chi connectivity index (χ2v) is 5.56. The Morgan fingerprint density at radius 1 is 1.33 bits per heavy atom. The summed E-state index contributed by atoms with van der Waals surface area (Å²) in [5.41, 5.74) is 0. The van der Waals surface area contributed by atoms with E-state index in [2.05, 4.69) is 11.6 Å². The van der Waals surface area contributed by atoms with Crippen LogP contribution in [0.2, 0.25) is 0 Å². The van der Waals surface area contributed by atoms with Crippen LogP contribution in [0.3, 0.4) is 0 Å². The Bertz CT molecular complexity index is 149. The molecular weight excluding hydrogens is 206 g/mol. The van der Waals surface area contributed by atoms with Gasteiger partial charge in [-0.3, -0.25) is 0 Å². The standard InChI is InChI=1S/C12H25NOS/c1-15-8-7-12(10-14)13-9-11-5-3-2-4-6-11/h11-14H,2-10H2,1H3. The van der Waals surface area contributed by atoms with Gasteiger partial charge >= 0.3 is 0 Å². The van der Waals surface area contributed by atoms with Gasteiger partial charge in [-0.15, -0.1) is 0 Å². The third-order valence-corrected chi connectivity index (χ3v) is 3.95. The topological polar surface area (TPSA) is 32.3 Å². The maximum atomic E-state index is 9.21. The number of rotatable bonds is 7. The lowest BCUT2D eigenvalue weighted by Gasteiger charge is -2.24. The van der Waals surface area contributed by atoms with E-state index in [9.17, 15) is 5.11 Å². The van der Waals surface area contributed by atoms with Gasteiger partial charge in [0.05, 0.1) is 6.61 Å². The molecule has 0 radical (unpaired) electrons. The van der Waals surface area contributed by atoms with Crippen molar-refractivity contribution in [3.05, 3.63) is 0 Å². The maximum absolute atomic E-state index is 9.21. The zero-order valence-electron chi connectivity index (χ0n) is 9.87. The molecule has 90 valence electrons. The minimum Gasteiger partial charge on any atom is -0.395 e. The van der Waals surface area contributed by atoms with Crippen molar-refractivity contribution in [1.82, 2.24) is 5.32 Å². The summed E-state index contributed by atoms with van der Waals surface area (Å²) >= 11 is 1.86. The summed E-state index contributed by atoms with van der Waals surface area (Å²) < 4.78 is 0. The number of hydrogen-bond acceptors (Lipinski definition) is 3. The molecule has 0 saturated heterocycles. The van der Waals surface area contributed by atoms with E-state index in [1.165, 1.54) is 32.1 Å². The van der Waals surface area contributed by atoms with E-state index in [4.69, 9.17) is 0 Å². The lowest BCUT2D eigenvalue weighted by Crippen LogP contribution is -2.37. The van der Waals surface area contributed by atoms with Gasteiger partial charge in [0.25, 0.3) is 0 Å². The highest BCUT2D eigenvalue weighted by atomic mass is 32.2. The van der Waals surface area contributed by atoms with Crippen LogP contribution in [0.4, 0.5) is 0 Å². The van der Waals surface area contributed by atoms with E-state index in [0.29, 0.717) is 6.04 Å². The number of aliphatic hydroxyl groups is 1. The van der Waals surface area contributed by atoms with Gasteiger partial charge in [-0.1, -0.05) is 19.3 Å². The van der Waals surface area contributed by atoms with E-state index in [-0.39, 0.29) is 6.61 Å². The van der Waals surface area contributed by atoms with Gasteiger partial charge in [0.15, 0.2) is 0 Å². The summed E-state index contributed by atoms with van der Waals surface area (Å²) in [5, 5.41) is 12.7. The zero-order chi connectivity index (χ0) is 10.9. The average molecular weight is 231 g/mol. The largest absolute Gasteiger partial charge is 0.395 e. The van der Waals surface area contributed by atoms with Crippen LogP contribution in [0, 0.1) is 5.92 Å². The molecule has 1 fully saturated rings. The Kier molecular flexibility index (Phi) is 7.49. The van der Waals surface area contributed by atoms with Crippen molar-refractivity contribution in [2.45, 2.75) is 44.6 Å². The van der Waals surface area contributed by atoms with Gasteiger partial charge in [0.2, 0.25) is 0 Å². The van der Waals surface area contributed by atoms with Gasteiger partial charge in [0, 0.05) is 6.04 Å². The van der Waals surface area contributed by atoms with Gasteiger partial charge in [0.1, 0.15) is 0 Å². The number of nitrogens with one attached hydrogen (secondary N) is 1. The molecule has 0 aliphatic heterocycles. The molecule has 0 aromatic rings. The van der Waals surface area contributed by atoms with E-state index in [1.807, 2.05) is 11.8 Å². The predicted molar refractivity (Wildman–Crippen MR) is 68.5 cm³/mol. The molecule has 1 aliphatic carbocycles. The first-order chi connectivity index (χ1) is 7.36. The molecule has 1 saturated carbocycles. The minimum absolute atomic E-state index is 0.285. The first-order valence-corrected chi connectivity index (χ1v) is 7.59. The highest BCUT2D eigenvalue weighted by molar-refractivity contribution is 7.98. The van der Waals surface area contributed by atoms with Crippen LogP contribution in [0.1, 0.15) is 38.5 Å². The summed E-state index contributed by atoms with van der Waals surface area (Å²) in [6.07, 6.45) is 10.2. The SMILES string of the molecule is CSCCC(CO)NCC1CCCCC1. The molecule has 0 amide bonds. The van der Waals surface area contributed by atoms with Crippen LogP contribution >= 0.6 is 11.8 Å². The third-order valence-electron chi connectivity index (χ3n) is 3.31. The van der Waals surface area contributed by atoms with Crippen LogP contribution in [-0.4, -0.2) is 36.3 Å². The monoisotopic (exact) mass is 231 g/mol. The van der Waals surface area contributed by atoms with Crippen LogP contribution in [0.5, 0.6) is 0 Å². The van der Waals surface area contributed by atoms with E-state index < -0.39 is 0 Å². The van der Waals surface area contributed by atoms with Crippen LogP contribution < -0.4 is 5.32 Å². The van der Waals surface area contributed by atoms with Crippen molar-refractivity contribution in [3.63, 3.8) is 0 Å². The predicted octanol–water partition coefficient (Wildman–Crippen LogP) is 2.27. The number of hydrogen-bond donors (Lipinski definition) is 2.